The Morgan fingerprint density at radius 1 is 0.851 bits per heavy atom. The zero-order valence-electron chi connectivity index (χ0n) is 28.5. The van der Waals surface area contributed by atoms with Gasteiger partial charge in [0.2, 0.25) is 5.75 Å². The maximum atomic E-state index is 13.2. The van der Waals surface area contributed by atoms with Gasteiger partial charge >= 0.3 is 0 Å². The van der Waals surface area contributed by atoms with Crippen LogP contribution in [0.4, 0.5) is 11.4 Å². The molecule has 1 unspecified atom stereocenters. The first kappa shape index (κ1) is 33.6. The van der Waals surface area contributed by atoms with Crippen LogP contribution in [0.5, 0.6) is 46.0 Å². The van der Waals surface area contributed by atoms with E-state index >= 15 is 0 Å². The number of nitrogens with two attached hydrogens (primary N) is 1. The van der Waals surface area contributed by atoms with E-state index in [1.165, 1.54) is 0 Å². The normalized spacial score (nSPS) is 15.8. The summed E-state index contributed by atoms with van der Waals surface area (Å²) < 4.78 is 40.9. The van der Waals surface area contributed by atoms with Gasteiger partial charge in [-0.2, -0.15) is 0 Å². The van der Waals surface area contributed by atoms with Crippen molar-refractivity contribution < 1.29 is 38.0 Å². The number of rotatable bonds is 13. The second-order valence-corrected chi connectivity index (χ2v) is 13.2. The lowest BCUT2D eigenvalue weighted by molar-refractivity contribution is 0.0358. The van der Waals surface area contributed by atoms with E-state index in [0.717, 1.165) is 19.4 Å². The monoisotopic (exact) mass is 647 g/mol. The third-order valence-electron chi connectivity index (χ3n) is 8.23. The van der Waals surface area contributed by atoms with Crippen LogP contribution in [0, 0.1) is 5.41 Å². The maximum Gasteiger partial charge on any atom is 0.256 e. The fourth-order valence-corrected chi connectivity index (χ4v) is 6.36. The summed E-state index contributed by atoms with van der Waals surface area (Å²) in [5.41, 5.74) is 6.94. The second-order valence-electron chi connectivity index (χ2n) is 13.2. The van der Waals surface area contributed by atoms with Gasteiger partial charge in [0, 0.05) is 42.4 Å². The molecule has 0 bridgehead atoms. The molecule has 11 heteroatoms. The van der Waals surface area contributed by atoms with Gasteiger partial charge in [-0.25, -0.2) is 0 Å². The molecule has 2 N–H and O–H groups in total. The summed E-state index contributed by atoms with van der Waals surface area (Å²) >= 11 is 0. The highest BCUT2D eigenvalue weighted by Crippen LogP contribution is 2.44. The Labute approximate surface area is 276 Å². The third kappa shape index (κ3) is 7.45. The van der Waals surface area contributed by atoms with Gasteiger partial charge in [0.15, 0.2) is 28.7 Å². The van der Waals surface area contributed by atoms with Crippen LogP contribution in [0.2, 0.25) is 0 Å². The van der Waals surface area contributed by atoms with E-state index in [-0.39, 0.29) is 17.4 Å². The molecular weight excluding hydrogens is 602 g/mol. The van der Waals surface area contributed by atoms with E-state index in [0.29, 0.717) is 76.0 Å². The summed E-state index contributed by atoms with van der Waals surface area (Å²) in [4.78, 5) is 19.8. The van der Waals surface area contributed by atoms with E-state index in [9.17, 15) is 4.79 Å². The molecule has 2 aliphatic rings. The predicted molar refractivity (Wildman–Crippen MR) is 181 cm³/mol. The quantitative estimate of drug-likeness (QED) is 0.194. The Morgan fingerprint density at radius 2 is 1.53 bits per heavy atom. The van der Waals surface area contributed by atoms with Crippen LogP contribution >= 0.6 is 0 Å². The van der Waals surface area contributed by atoms with E-state index in [1.54, 1.807) is 64.8 Å². The Bertz CT molecular complexity index is 1630. The van der Waals surface area contributed by atoms with Gasteiger partial charge < -0.3 is 43.8 Å². The van der Waals surface area contributed by atoms with Crippen molar-refractivity contribution in [3.8, 4) is 46.0 Å². The standard InChI is InChI=1S/C36H45N3O8/c1-35(2,21-45-30-18-27-25(17-29(30)41-5)34(40)39-13-9-10-22(39)19-38-27)20-36(3,4)47-23-11-12-26(37)28(14-23)46-24-15-31(42-6)33(44-8)32(16-24)43-7/h11-12,14-19,22H,9-10,13,20-21,37H2,1-8H3. The van der Waals surface area contributed by atoms with Gasteiger partial charge in [0.1, 0.15) is 17.1 Å². The number of hydrogen-bond acceptors (Lipinski definition) is 10. The molecule has 1 amide bonds. The molecular formula is C36H45N3O8. The highest BCUT2D eigenvalue weighted by atomic mass is 16.5. The number of methoxy groups -OCH3 is 4. The van der Waals surface area contributed by atoms with Crippen molar-refractivity contribution in [2.24, 2.45) is 10.4 Å². The maximum absolute atomic E-state index is 13.2. The summed E-state index contributed by atoms with van der Waals surface area (Å²) in [6, 6.07) is 12.3. The molecule has 1 saturated heterocycles. The number of benzene rings is 3. The lowest BCUT2D eigenvalue weighted by atomic mass is 9.82. The lowest BCUT2D eigenvalue weighted by Gasteiger charge is -2.35. The summed E-state index contributed by atoms with van der Waals surface area (Å²) in [6.45, 7) is 9.40. The van der Waals surface area contributed by atoms with Crippen molar-refractivity contribution in [3.05, 3.63) is 48.0 Å². The summed E-state index contributed by atoms with van der Waals surface area (Å²) in [6.07, 6.45) is 4.42. The van der Waals surface area contributed by atoms with Crippen molar-refractivity contribution in [2.45, 2.75) is 58.6 Å². The average Bonchev–Trinajstić information content (AvgIpc) is 3.46. The molecule has 0 aliphatic carbocycles. The smallest absolute Gasteiger partial charge is 0.256 e. The number of amides is 1. The van der Waals surface area contributed by atoms with Gasteiger partial charge in [0.25, 0.3) is 5.91 Å². The molecule has 2 aliphatic heterocycles. The van der Waals surface area contributed by atoms with Gasteiger partial charge in [-0.1, -0.05) is 13.8 Å². The van der Waals surface area contributed by atoms with Crippen LogP contribution in [-0.4, -0.2) is 70.3 Å². The topological polar surface area (TPSA) is 123 Å². The number of anilines is 1. The van der Waals surface area contributed by atoms with Crippen LogP contribution in [0.1, 0.15) is 57.3 Å². The largest absolute Gasteiger partial charge is 0.493 e. The third-order valence-corrected chi connectivity index (χ3v) is 8.23. The Hall–Kier alpha value is -4.80. The van der Waals surface area contributed by atoms with E-state index in [2.05, 4.69) is 18.8 Å². The van der Waals surface area contributed by atoms with Gasteiger partial charge in [-0.3, -0.25) is 9.79 Å². The predicted octanol–water partition coefficient (Wildman–Crippen LogP) is 7.07. The molecule has 0 spiro atoms. The second kappa shape index (κ2) is 13.5. The highest BCUT2D eigenvalue weighted by Gasteiger charge is 2.34. The SMILES string of the molecule is COc1cc2c(cc1OCC(C)(C)CC(C)(C)Oc1ccc(N)c(Oc3cc(OC)c(OC)c(OC)c3)c1)N=CC1CCCN1C2=O. The molecule has 252 valence electrons. The Morgan fingerprint density at radius 3 is 2.19 bits per heavy atom. The molecule has 11 nitrogen and oxygen atoms in total. The highest BCUT2D eigenvalue weighted by molar-refractivity contribution is 6.03. The van der Waals surface area contributed by atoms with Crippen LogP contribution in [-0.2, 0) is 0 Å². The van der Waals surface area contributed by atoms with Crippen molar-refractivity contribution in [2.75, 3.05) is 47.3 Å². The first-order chi connectivity index (χ1) is 22.4. The first-order valence-electron chi connectivity index (χ1n) is 15.6. The number of carbonyl (C=O) groups is 1. The molecule has 0 radical (unpaired) electrons. The Kier molecular flexibility index (Phi) is 9.65. The lowest BCUT2D eigenvalue weighted by Crippen LogP contribution is -2.37. The fourth-order valence-electron chi connectivity index (χ4n) is 6.36. The number of hydrogen-bond donors (Lipinski definition) is 1. The number of carbonyl (C=O) groups excluding carboxylic acids is 1. The summed E-state index contributed by atoms with van der Waals surface area (Å²) in [5, 5.41) is 0. The van der Waals surface area contributed by atoms with Crippen molar-refractivity contribution >= 4 is 23.5 Å². The number of nitrogen functional groups attached to an aromatic ring is 1. The minimum atomic E-state index is -0.590. The Balaban J connectivity index is 1.27. The molecule has 3 aromatic carbocycles. The van der Waals surface area contributed by atoms with E-state index in [1.807, 2.05) is 31.0 Å². The summed E-state index contributed by atoms with van der Waals surface area (Å²) in [5.74, 6) is 3.88. The average molecular weight is 648 g/mol. The molecule has 1 atom stereocenters. The van der Waals surface area contributed by atoms with E-state index in [4.69, 9.17) is 38.9 Å². The van der Waals surface area contributed by atoms with Crippen molar-refractivity contribution in [1.29, 1.82) is 0 Å². The van der Waals surface area contributed by atoms with Crippen LogP contribution in [0.3, 0.4) is 0 Å². The number of ether oxygens (including phenoxy) is 7. The zero-order chi connectivity index (χ0) is 33.9. The van der Waals surface area contributed by atoms with Gasteiger partial charge in [0.05, 0.1) is 58.0 Å². The molecule has 5 rings (SSSR count). The number of nitrogens with zero attached hydrogens (tertiary/aromatic N) is 2. The summed E-state index contributed by atoms with van der Waals surface area (Å²) in [7, 11) is 6.21. The molecule has 1 fully saturated rings. The molecule has 47 heavy (non-hydrogen) atoms. The van der Waals surface area contributed by atoms with Gasteiger partial charge in [-0.05, 0) is 51.3 Å². The molecule has 3 aromatic rings. The van der Waals surface area contributed by atoms with Crippen LogP contribution in [0.25, 0.3) is 0 Å². The van der Waals surface area contributed by atoms with Gasteiger partial charge in [-0.15, -0.1) is 0 Å². The van der Waals surface area contributed by atoms with Crippen molar-refractivity contribution in [1.82, 2.24) is 4.90 Å². The van der Waals surface area contributed by atoms with E-state index < -0.39 is 5.60 Å². The minimum Gasteiger partial charge on any atom is -0.493 e. The number of aliphatic imine (C=N–C) groups is 1. The molecule has 0 saturated carbocycles. The van der Waals surface area contributed by atoms with Crippen LogP contribution < -0.4 is 38.9 Å². The molecule has 0 aromatic heterocycles. The van der Waals surface area contributed by atoms with Crippen molar-refractivity contribution in [3.63, 3.8) is 0 Å². The van der Waals surface area contributed by atoms with Crippen LogP contribution in [0.15, 0.2) is 47.5 Å². The minimum absolute atomic E-state index is 0.0243. The first-order valence-corrected chi connectivity index (χ1v) is 15.6. The molecule has 2 heterocycles. The fraction of sp³-hybridized carbons (Fsp3) is 0.444. The number of fused-ring (bicyclic) bond motifs is 2. The zero-order valence-corrected chi connectivity index (χ0v) is 28.5.